The number of benzene rings is 1. The van der Waals surface area contributed by atoms with Gasteiger partial charge in [0.15, 0.2) is 6.20 Å². The van der Waals surface area contributed by atoms with E-state index in [2.05, 4.69) is 25.9 Å². The second-order valence-electron chi connectivity index (χ2n) is 6.27. The first kappa shape index (κ1) is 22.1. The smallest absolute Gasteiger partial charge is 0.213 e. The topological polar surface area (TPSA) is 15.0 Å². The van der Waals surface area contributed by atoms with E-state index in [4.69, 9.17) is 0 Å². The van der Waals surface area contributed by atoms with E-state index in [0.717, 1.165) is 11.3 Å². The van der Waals surface area contributed by atoms with Crippen LogP contribution in [0.3, 0.4) is 0 Å². The van der Waals surface area contributed by atoms with E-state index in [1.807, 2.05) is 71.3 Å². The van der Waals surface area contributed by atoms with Gasteiger partial charge in [0.1, 0.15) is 12.9 Å². The van der Waals surface area contributed by atoms with Gasteiger partial charge >= 0.3 is 0 Å². The Balaban J connectivity index is 0.00000254. The van der Waals surface area contributed by atoms with Gasteiger partial charge in [-0.15, -0.1) is 0 Å². The van der Waals surface area contributed by atoms with Crippen molar-refractivity contribution in [3.8, 4) is 0 Å². The normalized spacial score (nSPS) is 13.0. The number of allylic oxidation sites excluding steroid dienone is 2. The monoisotopic (exact) mass is 333 g/mol. The van der Waals surface area contributed by atoms with Gasteiger partial charge in [-0.2, -0.15) is 4.58 Å². The Bertz CT molecular complexity index is 557. The molecule has 0 unspecified atom stereocenters. The molecule has 0 saturated carbocycles. The summed E-state index contributed by atoms with van der Waals surface area (Å²) in [4.78, 5) is 0. The summed E-state index contributed by atoms with van der Waals surface area (Å²) in [7, 11) is 0. The van der Waals surface area contributed by atoms with Crippen LogP contribution < -0.4 is 5.32 Å². The first-order valence-electron chi connectivity index (χ1n) is 8.69. The lowest BCUT2D eigenvalue weighted by Crippen LogP contribution is -2.29. The SMILES string of the molecule is C=[N+](/C=C\NC(C)C)c1ccccc1C(C)(C)[C@H](F)C=CC.CC. The van der Waals surface area contributed by atoms with Gasteiger partial charge in [0.25, 0.3) is 0 Å². The maximum absolute atomic E-state index is 14.5. The van der Waals surface area contributed by atoms with Crippen molar-refractivity contribution in [1.29, 1.82) is 0 Å². The molecule has 1 aromatic rings. The second kappa shape index (κ2) is 10.8. The Morgan fingerprint density at radius 1 is 1.21 bits per heavy atom. The van der Waals surface area contributed by atoms with E-state index >= 15 is 0 Å². The quantitative estimate of drug-likeness (QED) is 0.383. The highest BCUT2D eigenvalue weighted by atomic mass is 19.1. The number of hydrogen-bond acceptors (Lipinski definition) is 1. The van der Waals surface area contributed by atoms with E-state index in [9.17, 15) is 4.39 Å². The average molecular weight is 334 g/mol. The van der Waals surface area contributed by atoms with Crippen molar-refractivity contribution in [3.05, 3.63) is 54.4 Å². The van der Waals surface area contributed by atoms with Crippen LogP contribution in [-0.2, 0) is 5.41 Å². The van der Waals surface area contributed by atoms with Crippen molar-refractivity contribution in [2.75, 3.05) is 0 Å². The molecule has 0 bridgehead atoms. The lowest BCUT2D eigenvalue weighted by Gasteiger charge is -2.27. The van der Waals surface area contributed by atoms with Crippen molar-refractivity contribution < 1.29 is 8.97 Å². The number of hydrogen-bond donors (Lipinski definition) is 1. The molecule has 0 fully saturated rings. The molecular formula is C21H34FN2+. The van der Waals surface area contributed by atoms with Gasteiger partial charge in [-0.25, -0.2) is 4.39 Å². The van der Waals surface area contributed by atoms with E-state index in [0.29, 0.717) is 6.04 Å². The largest absolute Gasteiger partial charge is 0.384 e. The molecule has 0 radical (unpaired) electrons. The minimum absolute atomic E-state index is 0.362. The predicted molar refractivity (Wildman–Crippen MR) is 105 cm³/mol. The molecule has 0 aliphatic heterocycles. The van der Waals surface area contributed by atoms with Crippen molar-refractivity contribution in [2.45, 2.75) is 66.1 Å². The molecule has 0 aliphatic rings. The molecule has 1 N–H and O–H groups in total. The van der Waals surface area contributed by atoms with Gasteiger partial charge in [-0.3, -0.25) is 0 Å². The number of halogens is 1. The Morgan fingerprint density at radius 2 is 1.79 bits per heavy atom. The highest BCUT2D eigenvalue weighted by molar-refractivity contribution is 5.48. The molecule has 0 spiro atoms. The van der Waals surface area contributed by atoms with Crippen molar-refractivity contribution in [3.63, 3.8) is 0 Å². The summed E-state index contributed by atoms with van der Waals surface area (Å²) in [5, 5.41) is 3.20. The molecule has 0 heterocycles. The zero-order valence-corrected chi connectivity index (χ0v) is 16.3. The van der Waals surface area contributed by atoms with Gasteiger partial charge < -0.3 is 5.32 Å². The Morgan fingerprint density at radius 3 is 2.33 bits per heavy atom. The lowest BCUT2D eigenvalue weighted by atomic mass is 9.79. The molecule has 0 aliphatic carbocycles. The van der Waals surface area contributed by atoms with Crippen LogP contribution in [0.25, 0.3) is 0 Å². The molecule has 3 heteroatoms. The fourth-order valence-electron chi connectivity index (χ4n) is 2.23. The molecular weight excluding hydrogens is 299 g/mol. The summed E-state index contributed by atoms with van der Waals surface area (Å²) in [6.07, 6.45) is 6.02. The molecule has 0 saturated heterocycles. The van der Waals surface area contributed by atoms with Gasteiger partial charge in [0, 0.05) is 23.1 Å². The fourth-order valence-corrected chi connectivity index (χ4v) is 2.23. The number of nitrogens with zero attached hydrogens (tertiary/aromatic N) is 1. The molecule has 1 atom stereocenters. The summed E-state index contributed by atoms with van der Waals surface area (Å²) >= 11 is 0. The standard InChI is InChI=1S/C19H28FN2.C2H6/c1-7-10-18(20)19(4,5)16-11-8-9-12-17(16)22(6)14-13-21-15(2)3;1-2/h7-15,18,21H,6H2,1-5H3;1-2H3/q+1;/b10-7?,14-13-;/t18-;/m1./s1. The summed E-state index contributed by atoms with van der Waals surface area (Å²) < 4.78 is 16.3. The molecule has 134 valence electrons. The van der Waals surface area contributed by atoms with Gasteiger partial charge in [0.2, 0.25) is 5.69 Å². The highest BCUT2D eigenvalue weighted by Gasteiger charge is 2.34. The molecule has 0 aromatic heterocycles. The van der Waals surface area contributed by atoms with Crippen LogP contribution in [0.15, 0.2) is 48.8 Å². The summed E-state index contributed by atoms with van der Waals surface area (Å²) in [5.74, 6) is 0. The molecule has 1 aromatic carbocycles. The Kier molecular flexibility index (Phi) is 9.94. The van der Waals surface area contributed by atoms with Crippen LogP contribution in [0.4, 0.5) is 10.1 Å². The van der Waals surface area contributed by atoms with Crippen LogP contribution in [0.1, 0.15) is 54.0 Å². The average Bonchev–Trinajstić information content (AvgIpc) is 2.56. The van der Waals surface area contributed by atoms with Gasteiger partial charge in [-0.1, -0.05) is 58.0 Å². The van der Waals surface area contributed by atoms with E-state index in [1.165, 1.54) is 0 Å². The molecule has 2 nitrogen and oxygen atoms in total. The van der Waals surface area contributed by atoms with Crippen molar-refractivity contribution in [2.24, 2.45) is 0 Å². The first-order valence-corrected chi connectivity index (χ1v) is 8.69. The third-order valence-corrected chi connectivity index (χ3v) is 3.64. The molecule has 1 rings (SSSR count). The third-order valence-electron chi connectivity index (χ3n) is 3.64. The summed E-state index contributed by atoms with van der Waals surface area (Å²) in [5.41, 5.74) is 1.21. The third kappa shape index (κ3) is 6.31. The molecule has 0 amide bonds. The Hall–Kier alpha value is -1.90. The van der Waals surface area contributed by atoms with Crippen LogP contribution >= 0.6 is 0 Å². The summed E-state index contributed by atoms with van der Waals surface area (Å²) in [6.45, 7) is 17.9. The fraction of sp³-hybridized carbons (Fsp3) is 0.476. The lowest BCUT2D eigenvalue weighted by molar-refractivity contribution is -0.351. The first-order chi connectivity index (χ1) is 11.3. The summed E-state index contributed by atoms with van der Waals surface area (Å²) in [6, 6.07) is 8.17. The number of nitrogens with one attached hydrogen (secondary N) is 1. The van der Waals surface area contributed by atoms with Crippen LogP contribution in [0, 0.1) is 0 Å². The maximum atomic E-state index is 14.5. The minimum Gasteiger partial charge on any atom is -0.384 e. The van der Waals surface area contributed by atoms with Crippen LogP contribution in [-0.4, -0.2) is 23.5 Å². The molecule has 24 heavy (non-hydrogen) atoms. The number of para-hydroxylation sites is 1. The Labute approximate surface area is 147 Å². The predicted octanol–water partition coefficient (Wildman–Crippen LogP) is 5.72. The minimum atomic E-state index is -1.05. The zero-order valence-electron chi connectivity index (χ0n) is 16.3. The van der Waals surface area contributed by atoms with E-state index < -0.39 is 11.6 Å². The van der Waals surface area contributed by atoms with Crippen molar-refractivity contribution in [1.82, 2.24) is 5.32 Å². The number of alkyl halides is 1. The van der Waals surface area contributed by atoms with E-state index in [-0.39, 0.29) is 0 Å². The van der Waals surface area contributed by atoms with Crippen LogP contribution in [0.5, 0.6) is 0 Å². The zero-order chi connectivity index (χ0) is 18.8. The number of rotatable bonds is 7. The highest BCUT2D eigenvalue weighted by Crippen LogP contribution is 2.36. The van der Waals surface area contributed by atoms with Crippen molar-refractivity contribution >= 4 is 12.4 Å². The van der Waals surface area contributed by atoms with Gasteiger partial charge in [-0.05, 0) is 20.8 Å². The second-order valence-corrected chi connectivity index (χ2v) is 6.27. The van der Waals surface area contributed by atoms with E-state index in [1.54, 1.807) is 16.7 Å². The maximum Gasteiger partial charge on any atom is 0.213 e. The van der Waals surface area contributed by atoms with Crippen LogP contribution in [0.2, 0.25) is 0 Å². The van der Waals surface area contributed by atoms with Gasteiger partial charge in [0.05, 0.1) is 6.20 Å².